The standard InChI is InChI=1S/C16H17F5N4S/c1-9(10-3-4-11(17)12(18)7-10)24-15(22-2)23-6-5-14-25-13(8-26-14)16(19,20)21/h3-4,7-9H,5-6H2,1-2H3,(H2,22,23,24). The summed E-state index contributed by atoms with van der Waals surface area (Å²) in [6.45, 7) is 2.06. The lowest BCUT2D eigenvalue weighted by Crippen LogP contribution is -2.39. The quantitative estimate of drug-likeness (QED) is 0.461. The second kappa shape index (κ2) is 8.43. The minimum absolute atomic E-state index is 0.293. The van der Waals surface area contributed by atoms with E-state index in [9.17, 15) is 22.0 Å². The molecule has 2 rings (SSSR count). The molecule has 1 heterocycles. The monoisotopic (exact) mass is 392 g/mol. The van der Waals surface area contributed by atoms with Gasteiger partial charge in [-0.05, 0) is 24.6 Å². The van der Waals surface area contributed by atoms with Crippen LogP contribution in [0.1, 0.15) is 29.2 Å². The van der Waals surface area contributed by atoms with Crippen LogP contribution in [0.15, 0.2) is 28.6 Å². The van der Waals surface area contributed by atoms with E-state index >= 15 is 0 Å². The molecule has 2 aromatic rings. The van der Waals surface area contributed by atoms with Crippen LogP contribution in [0, 0.1) is 11.6 Å². The van der Waals surface area contributed by atoms with E-state index in [4.69, 9.17) is 0 Å². The van der Waals surface area contributed by atoms with Gasteiger partial charge >= 0.3 is 6.18 Å². The minimum atomic E-state index is -4.44. The van der Waals surface area contributed by atoms with E-state index < -0.39 is 23.5 Å². The smallest absolute Gasteiger partial charge is 0.356 e. The fourth-order valence-corrected chi connectivity index (χ4v) is 2.91. The van der Waals surface area contributed by atoms with Crippen molar-refractivity contribution in [3.63, 3.8) is 0 Å². The Morgan fingerprint density at radius 2 is 2.00 bits per heavy atom. The Kier molecular flexibility index (Phi) is 6.52. The Bertz CT molecular complexity index is 772. The van der Waals surface area contributed by atoms with Crippen molar-refractivity contribution in [2.45, 2.75) is 25.6 Å². The van der Waals surface area contributed by atoms with Crippen molar-refractivity contribution >= 4 is 17.3 Å². The van der Waals surface area contributed by atoms with Gasteiger partial charge in [0.25, 0.3) is 0 Å². The van der Waals surface area contributed by atoms with E-state index in [1.54, 1.807) is 6.92 Å². The van der Waals surface area contributed by atoms with Gasteiger partial charge in [0.15, 0.2) is 23.3 Å². The van der Waals surface area contributed by atoms with Gasteiger partial charge < -0.3 is 10.6 Å². The number of alkyl halides is 3. The third kappa shape index (κ3) is 5.38. The lowest BCUT2D eigenvalue weighted by atomic mass is 10.1. The van der Waals surface area contributed by atoms with Gasteiger partial charge in [0.05, 0.1) is 11.0 Å². The molecule has 10 heteroatoms. The molecule has 0 radical (unpaired) electrons. The summed E-state index contributed by atoms with van der Waals surface area (Å²) < 4.78 is 63.8. The first-order valence-electron chi connectivity index (χ1n) is 7.64. The predicted octanol–water partition coefficient (Wildman–Crippen LogP) is 3.91. The maximum absolute atomic E-state index is 13.3. The summed E-state index contributed by atoms with van der Waals surface area (Å²) >= 11 is 0.941. The van der Waals surface area contributed by atoms with Gasteiger partial charge in [-0.25, -0.2) is 13.8 Å². The highest BCUT2D eigenvalue weighted by Crippen LogP contribution is 2.30. The zero-order chi connectivity index (χ0) is 19.3. The largest absolute Gasteiger partial charge is 0.434 e. The highest BCUT2D eigenvalue weighted by atomic mass is 32.1. The molecule has 0 aliphatic rings. The molecule has 1 aromatic carbocycles. The van der Waals surface area contributed by atoms with E-state index in [1.165, 1.54) is 13.1 Å². The number of aromatic nitrogens is 1. The molecular weight excluding hydrogens is 375 g/mol. The Labute approximate surface area is 151 Å². The van der Waals surface area contributed by atoms with E-state index in [1.807, 2.05) is 0 Å². The van der Waals surface area contributed by atoms with Crippen LogP contribution in [0.4, 0.5) is 22.0 Å². The number of thiazole rings is 1. The van der Waals surface area contributed by atoms with Crippen LogP contribution >= 0.6 is 11.3 Å². The number of nitrogens with one attached hydrogen (secondary N) is 2. The molecule has 4 nitrogen and oxygen atoms in total. The third-order valence-electron chi connectivity index (χ3n) is 3.49. The summed E-state index contributed by atoms with van der Waals surface area (Å²) in [6, 6.07) is 3.24. The van der Waals surface area contributed by atoms with Gasteiger partial charge in [0.1, 0.15) is 0 Å². The van der Waals surface area contributed by atoms with Gasteiger partial charge in [-0.1, -0.05) is 6.07 Å². The molecule has 0 aliphatic heterocycles. The van der Waals surface area contributed by atoms with Crippen molar-refractivity contribution in [1.29, 1.82) is 0 Å². The second-order valence-electron chi connectivity index (χ2n) is 5.41. The summed E-state index contributed by atoms with van der Waals surface area (Å²) in [4.78, 5) is 7.55. The Hall–Kier alpha value is -2.23. The molecule has 2 N–H and O–H groups in total. The third-order valence-corrected chi connectivity index (χ3v) is 4.40. The molecule has 0 fully saturated rings. The summed E-state index contributed by atoms with van der Waals surface area (Å²) in [5, 5.41) is 7.28. The molecule has 1 aromatic heterocycles. The van der Waals surface area contributed by atoms with Crippen molar-refractivity contribution in [1.82, 2.24) is 15.6 Å². The van der Waals surface area contributed by atoms with Crippen molar-refractivity contribution < 1.29 is 22.0 Å². The normalized spacial score (nSPS) is 13.6. The molecule has 1 unspecified atom stereocenters. The number of halogens is 5. The van der Waals surface area contributed by atoms with E-state index in [-0.39, 0.29) is 6.04 Å². The highest BCUT2D eigenvalue weighted by Gasteiger charge is 2.33. The number of nitrogens with zero attached hydrogens (tertiary/aromatic N) is 2. The predicted molar refractivity (Wildman–Crippen MR) is 90.1 cm³/mol. The van der Waals surface area contributed by atoms with Gasteiger partial charge in [0, 0.05) is 25.4 Å². The number of guanidine groups is 1. The van der Waals surface area contributed by atoms with E-state index in [0.717, 1.165) is 28.8 Å². The van der Waals surface area contributed by atoms with E-state index in [0.29, 0.717) is 29.5 Å². The first-order valence-corrected chi connectivity index (χ1v) is 8.52. The summed E-state index contributed by atoms with van der Waals surface area (Å²) in [5.41, 5.74) is -0.367. The topological polar surface area (TPSA) is 49.3 Å². The van der Waals surface area contributed by atoms with Crippen LogP contribution in [0.25, 0.3) is 0 Å². The maximum atomic E-state index is 13.3. The average molecular weight is 392 g/mol. The summed E-state index contributed by atoms with van der Waals surface area (Å²) in [7, 11) is 1.53. The number of benzene rings is 1. The van der Waals surface area contributed by atoms with Gasteiger partial charge in [-0.3, -0.25) is 4.99 Å². The fourth-order valence-electron chi connectivity index (χ4n) is 2.11. The molecule has 0 bridgehead atoms. The lowest BCUT2D eigenvalue weighted by molar-refractivity contribution is -0.140. The van der Waals surface area contributed by atoms with Crippen LogP contribution in [0.2, 0.25) is 0 Å². The van der Waals surface area contributed by atoms with Crippen molar-refractivity contribution in [3.8, 4) is 0 Å². The molecular formula is C16H17F5N4S. The maximum Gasteiger partial charge on any atom is 0.434 e. The van der Waals surface area contributed by atoms with Crippen molar-refractivity contribution in [2.24, 2.45) is 4.99 Å². The Morgan fingerprint density at radius 1 is 1.27 bits per heavy atom. The minimum Gasteiger partial charge on any atom is -0.356 e. The van der Waals surface area contributed by atoms with Crippen molar-refractivity contribution in [2.75, 3.05) is 13.6 Å². The summed E-state index contributed by atoms with van der Waals surface area (Å²) in [6.07, 6.45) is -4.15. The number of hydrogen-bond acceptors (Lipinski definition) is 3. The zero-order valence-corrected chi connectivity index (χ0v) is 14.8. The first kappa shape index (κ1) is 20.1. The van der Waals surface area contributed by atoms with Gasteiger partial charge in [-0.2, -0.15) is 13.2 Å². The Balaban J connectivity index is 1.87. The molecule has 0 aliphatic carbocycles. The van der Waals surface area contributed by atoms with Crippen LogP contribution < -0.4 is 10.6 Å². The molecule has 0 spiro atoms. The lowest BCUT2D eigenvalue weighted by Gasteiger charge is -2.18. The molecule has 0 saturated carbocycles. The van der Waals surface area contributed by atoms with Crippen molar-refractivity contribution in [3.05, 3.63) is 51.5 Å². The van der Waals surface area contributed by atoms with E-state index in [2.05, 4.69) is 20.6 Å². The fraction of sp³-hybridized carbons (Fsp3) is 0.375. The number of aliphatic imine (C=N–C) groups is 1. The molecule has 1 atom stereocenters. The Morgan fingerprint density at radius 3 is 2.58 bits per heavy atom. The van der Waals surface area contributed by atoms with Crippen LogP contribution in [0.3, 0.4) is 0 Å². The van der Waals surface area contributed by atoms with Crippen LogP contribution in [-0.4, -0.2) is 24.5 Å². The van der Waals surface area contributed by atoms with Gasteiger partial charge in [0.2, 0.25) is 0 Å². The summed E-state index contributed by atoms with van der Waals surface area (Å²) in [5.74, 6) is -1.48. The number of rotatable bonds is 5. The van der Waals surface area contributed by atoms with Crippen LogP contribution in [-0.2, 0) is 12.6 Å². The SMILES string of the molecule is CN=C(NCCc1nc(C(F)(F)F)cs1)NC(C)c1ccc(F)c(F)c1. The molecule has 142 valence electrons. The first-order chi connectivity index (χ1) is 12.2. The highest BCUT2D eigenvalue weighted by molar-refractivity contribution is 7.09. The molecule has 0 saturated heterocycles. The second-order valence-corrected chi connectivity index (χ2v) is 6.36. The molecule has 26 heavy (non-hydrogen) atoms. The molecule has 0 amide bonds. The zero-order valence-electron chi connectivity index (χ0n) is 14.0. The number of hydrogen-bond donors (Lipinski definition) is 2. The average Bonchev–Trinajstić information content (AvgIpc) is 3.05. The van der Waals surface area contributed by atoms with Gasteiger partial charge in [-0.15, -0.1) is 11.3 Å². The van der Waals surface area contributed by atoms with Crippen LogP contribution in [0.5, 0.6) is 0 Å².